The zero-order valence-corrected chi connectivity index (χ0v) is 13.7. The average Bonchev–Trinajstić information content (AvgIpc) is 2.51. The molecule has 0 unspecified atom stereocenters. The minimum atomic E-state index is 1.00. The first-order valence-electron chi connectivity index (χ1n) is 8.00. The number of rotatable bonds is 7. The van der Waals surface area contributed by atoms with Crippen molar-refractivity contribution in [1.29, 1.82) is 0 Å². The van der Waals surface area contributed by atoms with Crippen LogP contribution in [0.2, 0.25) is 0 Å². The molecule has 0 atom stereocenters. The standard InChI is InChI=1S/C16H29N5/c1-4-5-18-15-12-16(14-17-13-15)21-10-8-20(9-11-21)7-6-19(2)3/h12-14,18H,4-11H2,1-3H3. The average molecular weight is 291 g/mol. The van der Waals surface area contributed by atoms with E-state index in [4.69, 9.17) is 0 Å². The molecule has 0 amide bonds. The highest BCUT2D eigenvalue weighted by Crippen LogP contribution is 2.19. The first-order chi connectivity index (χ1) is 10.2. The SMILES string of the molecule is CCCNc1cncc(N2CCN(CCN(C)C)CC2)c1. The number of piperazine rings is 1. The Labute approximate surface area is 128 Å². The molecule has 2 heterocycles. The second kappa shape index (κ2) is 8.20. The van der Waals surface area contributed by atoms with E-state index in [-0.39, 0.29) is 0 Å². The zero-order valence-electron chi connectivity index (χ0n) is 13.7. The van der Waals surface area contributed by atoms with Gasteiger partial charge in [-0.3, -0.25) is 9.88 Å². The van der Waals surface area contributed by atoms with E-state index in [9.17, 15) is 0 Å². The third-order valence-electron chi connectivity index (χ3n) is 3.90. The van der Waals surface area contributed by atoms with Crippen molar-refractivity contribution in [3.63, 3.8) is 0 Å². The number of hydrogen-bond acceptors (Lipinski definition) is 5. The fourth-order valence-corrected chi connectivity index (χ4v) is 2.54. The van der Waals surface area contributed by atoms with Crippen molar-refractivity contribution in [1.82, 2.24) is 14.8 Å². The fourth-order valence-electron chi connectivity index (χ4n) is 2.54. The molecular formula is C16H29N5. The highest BCUT2D eigenvalue weighted by atomic mass is 15.3. The monoisotopic (exact) mass is 291 g/mol. The van der Waals surface area contributed by atoms with Crippen LogP contribution in [-0.2, 0) is 0 Å². The lowest BCUT2D eigenvalue weighted by Crippen LogP contribution is -2.48. The minimum absolute atomic E-state index is 1.00. The molecule has 0 saturated carbocycles. The van der Waals surface area contributed by atoms with Crippen LogP contribution in [0.3, 0.4) is 0 Å². The van der Waals surface area contributed by atoms with Crippen molar-refractivity contribution in [2.24, 2.45) is 0 Å². The van der Waals surface area contributed by atoms with E-state index in [1.54, 1.807) is 0 Å². The van der Waals surface area contributed by atoms with Gasteiger partial charge in [0.2, 0.25) is 0 Å². The number of pyridine rings is 1. The number of aromatic nitrogens is 1. The van der Waals surface area contributed by atoms with Gasteiger partial charge in [0, 0.05) is 45.8 Å². The zero-order chi connectivity index (χ0) is 15.1. The van der Waals surface area contributed by atoms with Crippen molar-refractivity contribution in [3.05, 3.63) is 18.5 Å². The smallest absolute Gasteiger partial charge is 0.0574 e. The van der Waals surface area contributed by atoms with Gasteiger partial charge in [0.1, 0.15) is 0 Å². The van der Waals surface area contributed by atoms with E-state index >= 15 is 0 Å². The summed E-state index contributed by atoms with van der Waals surface area (Å²) in [4.78, 5) is 11.6. The van der Waals surface area contributed by atoms with Crippen LogP contribution >= 0.6 is 0 Å². The topological polar surface area (TPSA) is 34.6 Å². The molecule has 5 heteroatoms. The molecule has 1 fully saturated rings. The normalized spacial score (nSPS) is 16.5. The molecular weight excluding hydrogens is 262 g/mol. The van der Waals surface area contributed by atoms with Gasteiger partial charge < -0.3 is 15.1 Å². The van der Waals surface area contributed by atoms with Crippen LogP contribution in [0.15, 0.2) is 18.5 Å². The maximum absolute atomic E-state index is 4.37. The highest BCUT2D eigenvalue weighted by Gasteiger charge is 2.17. The van der Waals surface area contributed by atoms with E-state index in [0.717, 1.165) is 57.9 Å². The summed E-state index contributed by atoms with van der Waals surface area (Å²) in [5, 5.41) is 3.41. The third kappa shape index (κ3) is 5.17. The quantitative estimate of drug-likeness (QED) is 0.825. The summed E-state index contributed by atoms with van der Waals surface area (Å²) in [6, 6.07) is 2.22. The van der Waals surface area contributed by atoms with Crippen LogP contribution < -0.4 is 10.2 Å². The van der Waals surface area contributed by atoms with E-state index in [2.05, 4.69) is 52.1 Å². The van der Waals surface area contributed by atoms with Gasteiger partial charge in [0.15, 0.2) is 0 Å². The molecule has 0 radical (unpaired) electrons. The maximum Gasteiger partial charge on any atom is 0.0574 e. The van der Waals surface area contributed by atoms with Gasteiger partial charge in [-0.2, -0.15) is 0 Å². The molecule has 1 N–H and O–H groups in total. The van der Waals surface area contributed by atoms with Crippen LogP contribution in [0.1, 0.15) is 13.3 Å². The van der Waals surface area contributed by atoms with Crippen LogP contribution in [0.4, 0.5) is 11.4 Å². The summed E-state index contributed by atoms with van der Waals surface area (Å²) in [6.45, 7) is 9.94. The first kappa shape index (κ1) is 16.0. The number of nitrogens with zero attached hydrogens (tertiary/aromatic N) is 4. The molecule has 1 aromatic heterocycles. The number of likely N-dealkylation sites (N-methyl/N-ethyl adjacent to an activating group) is 1. The molecule has 1 aliphatic rings. The van der Waals surface area contributed by atoms with Gasteiger partial charge in [-0.25, -0.2) is 0 Å². The second-order valence-corrected chi connectivity index (χ2v) is 5.99. The Morgan fingerprint density at radius 2 is 1.95 bits per heavy atom. The summed E-state index contributed by atoms with van der Waals surface area (Å²) >= 11 is 0. The molecule has 0 aliphatic carbocycles. The summed E-state index contributed by atoms with van der Waals surface area (Å²) in [6.07, 6.45) is 5.02. The largest absolute Gasteiger partial charge is 0.384 e. The van der Waals surface area contributed by atoms with Crippen LogP contribution in [0.25, 0.3) is 0 Å². The highest BCUT2D eigenvalue weighted by molar-refractivity contribution is 5.55. The Hall–Kier alpha value is -1.33. The molecule has 0 bridgehead atoms. The number of anilines is 2. The van der Waals surface area contributed by atoms with Crippen LogP contribution in [-0.4, -0.2) is 74.7 Å². The lowest BCUT2D eigenvalue weighted by molar-refractivity contribution is 0.229. The Kier molecular flexibility index (Phi) is 6.26. The van der Waals surface area contributed by atoms with E-state index in [0.29, 0.717) is 0 Å². The number of nitrogens with one attached hydrogen (secondary N) is 1. The second-order valence-electron chi connectivity index (χ2n) is 5.99. The van der Waals surface area contributed by atoms with Gasteiger partial charge in [-0.05, 0) is 26.6 Å². The molecule has 0 spiro atoms. The van der Waals surface area contributed by atoms with Crippen molar-refractivity contribution in [2.45, 2.75) is 13.3 Å². The first-order valence-corrected chi connectivity index (χ1v) is 8.00. The molecule has 2 rings (SSSR count). The Morgan fingerprint density at radius 3 is 2.62 bits per heavy atom. The lowest BCUT2D eigenvalue weighted by atomic mass is 10.2. The van der Waals surface area contributed by atoms with Crippen LogP contribution in [0.5, 0.6) is 0 Å². The molecule has 1 aliphatic heterocycles. The minimum Gasteiger partial charge on any atom is -0.384 e. The van der Waals surface area contributed by atoms with Crippen molar-refractivity contribution in [2.75, 3.05) is 70.1 Å². The Bertz CT molecular complexity index is 413. The molecule has 118 valence electrons. The maximum atomic E-state index is 4.37. The molecule has 21 heavy (non-hydrogen) atoms. The van der Waals surface area contributed by atoms with Crippen molar-refractivity contribution >= 4 is 11.4 Å². The van der Waals surface area contributed by atoms with E-state index in [1.807, 2.05) is 12.4 Å². The summed E-state index contributed by atoms with van der Waals surface area (Å²) in [7, 11) is 4.27. The Morgan fingerprint density at radius 1 is 1.19 bits per heavy atom. The third-order valence-corrected chi connectivity index (χ3v) is 3.90. The summed E-state index contributed by atoms with van der Waals surface area (Å²) in [5.41, 5.74) is 2.37. The predicted molar refractivity (Wildman–Crippen MR) is 90.2 cm³/mol. The lowest BCUT2D eigenvalue weighted by Gasteiger charge is -2.36. The molecule has 1 saturated heterocycles. The van der Waals surface area contributed by atoms with Gasteiger partial charge in [-0.15, -0.1) is 0 Å². The van der Waals surface area contributed by atoms with E-state index < -0.39 is 0 Å². The van der Waals surface area contributed by atoms with Gasteiger partial charge in [0.25, 0.3) is 0 Å². The van der Waals surface area contributed by atoms with Gasteiger partial charge in [-0.1, -0.05) is 6.92 Å². The van der Waals surface area contributed by atoms with E-state index in [1.165, 1.54) is 5.69 Å². The molecule has 5 nitrogen and oxygen atoms in total. The predicted octanol–water partition coefficient (Wildman–Crippen LogP) is 1.59. The van der Waals surface area contributed by atoms with Crippen molar-refractivity contribution in [3.8, 4) is 0 Å². The van der Waals surface area contributed by atoms with Crippen LogP contribution in [0, 0.1) is 0 Å². The molecule has 0 aromatic carbocycles. The van der Waals surface area contributed by atoms with Crippen molar-refractivity contribution < 1.29 is 0 Å². The van der Waals surface area contributed by atoms with Gasteiger partial charge >= 0.3 is 0 Å². The van der Waals surface area contributed by atoms with Gasteiger partial charge in [0.05, 0.1) is 23.8 Å². The summed E-state index contributed by atoms with van der Waals surface area (Å²) < 4.78 is 0. The Balaban J connectivity index is 1.84. The fraction of sp³-hybridized carbons (Fsp3) is 0.688. The summed E-state index contributed by atoms with van der Waals surface area (Å²) in [5.74, 6) is 0. The molecule has 1 aromatic rings. The number of hydrogen-bond donors (Lipinski definition) is 1.